The molecule has 4 rings (SSSR count). The summed E-state index contributed by atoms with van der Waals surface area (Å²) in [5.41, 5.74) is 1.44. The fraction of sp³-hybridized carbons (Fsp3) is 0.261. The summed E-state index contributed by atoms with van der Waals surface area (Å²) in [6.07, 6.45) is 0. The zero-order chi connectivity index (χ0) is 24.6. The quantitative estimate of drug-likeness (QED) is 0.340. The molecule has 1 aliphatic heterocycles. The fourth-order valence-electron chi connectivity index (χ4n) is 3.22. The molecule has 35 heavy (non-hydrogen) atoms. The maximum absolute atomic E-state index is 12.6. The molecule has 10 nitrogen and oxygen atoms in total. The van der Waals surface area contributed by atoms with Gasteiger partial charge in [-0.3, -0.25) is 4.79 Å². The number of carbonyl (C=O) groups is 2. The molecule has 2 N–H and O–H groups in total. The summed E-state index contributed by atoms with van der Waals surface area (Å²) < 4.78 is 10.1. The predicted octanol–water partition coefficient (Wildman–Crippen LogP) is 3.62. The van der Waals surface area contributed by atoms with Gasteiger partial charge in [-0.15, -0.1) is 0 Å². The molecular weight excluding hydrogens is 492 g/mol. The van der Waals surface area contributed by atoms with Gasteiger partial charge >= 0.3 is 5.97 Å². The van der Waals surface area contributed by atoms with Crippen LogP contribution in [0.2, 0.25) is 5.02 Å². The smallest absolute Gasteiger partial charge is 0.339 e. The minimum atomic E-state index is -0.584. The number of nitrogens with one attached hydrogen (secondary N) is 2. The maximum Gasteiger partial charge on any atom is 0.339 e. The molecule has 1 saturated heterocycles. The van der Waals surface area contributed by atoms with Crippen molar-refractivity contribution in [3.63, 3.8) is 0 Å². The number of benzene rings is 2. The summed E-state index contributed by atoms with van der Waals surface area (Å²) in [7, 11) is 1.27. The number of nitrogens with zero attached hydrogens (tertiary/aromatic N) is 4. The molecule has 182 valence electrons. The van der Waals surface area contributed by atoms with Crippen molar-refractivity contribution in [2.75, 3.05) is 54.7 Å². The van der Waals surface area contributed by atoms with Crippen molar-refractivity contribution >= 4 is 58.5 Å². The second-order valence-electron chi connectivity index (χ2n) is 7.36. The van der Waals surface area contributed by atoms with Crippen molar-refractivity contribution < 1.29 is 19.1 Å². The topological polar surface area (TPSA) is 119 Å². The van der Waals surface area contributed by atoms with Gasteiger partial charge in [-0.1, -0.05) is 41.6 Å². The van der Waals surface area contributed by atoms with Gasteiger partial charge in [-0.2, -0.15) is 15.0 Å². The van der Waals surface area contributed by atoms with Crippen LogP contribution >= 0.6 is 23.4 Å². The highest BCUT2D eigenvalue weighted by Crippen LogP contribution is 2.24. The van der Waals surface area contributed by atoms with Gasteiger partial charge in [0.2, 0.25) is 17.8 Å². The SMILES string of the molecule is COC(=O)c1cc(NC(=O)CSc2nc(Nc3ccccc3)nc(N3CCOCC3)n2)ccc1Cl. The molecule has 12 heteroatoms. The van der Waals surface area contributed by atoms with E-state index < -0.39 is 5.97 Å². The van der Waals surface area contributed by atoms with Crippen molar-refractivity contribution in [2.24, 2.45) is 0 Å². The highest BCUT2D eigenvalue weighted by atomic mass is 35.5. The van der Waals surface area contributed by atoms with Crippen LogP contribution in [0.5, 0.6) is 0 Å². The molecule has 0 bridgehead atoms. The van der Waals surface area contributed by atoms with E-state index >= 15 is 0 Å². The van der Waals surface area contributed by atoms with Crippen LogP contribution in [-0.4, -0.2) is 66.0 Å². The van der Waals surface area contributed by atoms with Gasteiger partial charge in [0.15, 0.2) is 5.16 Å². The lowest BCUT2D eigenvalue weighted by Crippen LogP contribution is -2.37. The molecule has 1 fully saturated rings. The van der Waals surface area contributed by atoms with Crippen molar-refractivity contribution in [2.45, 2.75) is 5.16 Å². The number of rotatable bonds is 8. The second kappa shape index (κ2) is 11.8. The van der Waals surface area contributed by atoms with E-state index in [1.165, 1.54) is 31.0 Å². The van der Waals surface area contributed by atoms with E-state index in [2.05, 4.69) is 25.6 Å². The van der Waals surface area contributed by atoms with Crippen LogP contribution in [-0.2, 0) is 14.3 Å². The third-order valence-corrected chi connectivity index (χ3v) is 6.09. The minimum Gasteiger partial charge on any atom is -0.465 e. The Bertz CT molecular complexity index is 1190. The summed E-state index contributed by atoms with van der Waals surface area (Å²) >= 11 is 7.22. The Balaban J connectivity index is 1.47. The Kier molecular flexibility index (Phi) is 8.35. The molecule has 1 aromatic heterocycles. The lowest BCUT2D eigenvalue weighted by Gasteiger charge is -2.27. The molecule has 0 radical (unpaired) electrons. The van der Waals surface area contributed by atoms with E-state index in [0.717, 1.165) is 5.69 Å². The van der Waals surface area contributed by atoms with E-state index in [4.69, 9.17) is 21.1 Å². The van der Waals surface area contributed by atoms with E-state index in [0.29, 0.717) is 49.0 Å². The number of para-hydroxylation sites is 1. The summed E-state index contributed by atoms with van der Waals surface area (Å²) in [6, 6.07) is 14.2. The molecule has 2 aromatic carbocycles. The van der Waals surface area contributed by atoms with Gasteiger partial charge in [-0.25, -0.2) is 4.79 Å². The zero-order valence-corrected chi connectivity index (χ0v) is 20.4. The number of anilines is 4. The van der Waals surface area contributed by atoms with Gasteiger partial charge in [0.25, 0.3) is 0 Å². The van der Waals surface area contributed by atoms with E-state index in [-0.39, 0.29) is 22.2 Å². The molecule has 0 aliphatic carbocycles. The number of carbonyl (C=O) groups excluding carboxylic acids is 2. The number of halogens is 1. The van der Waals surface area contributed by atoms with E-state index in [9.17, 15) is 9.59 Å². The van der Waals surface area contributed by atoms with Crippen molar-refractivity contribution in [1.29, 1.82) is 0 Å². The number of hydrogen-bond acceptors (Lipinski definition) is 10. The number of esters is 1. The minimum absolute atomic E-state index is 0.0491. The highest BCUT2D eigenvalue weighted by molar-refractivity contribution is 7.99. The zero-order valence-electron chi connectivity index (χ0n) is 18.9. The lowest BCUT2D eigenvalue weighted by atomic mass is 10.2. The molecule has 1 aliphatic rings. The molecule has 0 saturated carbocycles. The number of hydrogen-bond donors (Lipinski definition) is 2. The van der Waals surface area contributed by atoms with Crippen LogP contribution in [0.1, 0.15) is 10.4 Å². The Morgan fingerprint density at radius 2 is 1.86 bits per heavy atom. The fourth-order valence-corrected chi connectivity index (χ4v) is 4.04. The third-order valence-electron chi connectivity index (χ3n) is 4.91. The van der Waals surface area contributed by atoms with E-state index in [1.807, 2.05) is 35.2 Å². The third kappa shape index (κ3) is 6.81. The first-order valence-electron chi connectivity index (χ1n) is 10.7. The number of amides is 1. The van der Waals surface area contributed by atoms with Crippen LogP contribution in [0.15, 0.2) is 53.7 Å². The summed E-state index contributed by atoms with van der Waals surface area (Å²) in [5, 5.41) is 6.58. The Morgan fingerprint density at radius 3 is 2.60 bits per heavy atom. The average Bonchev–Trinajstić information content (AvgIpc) is 2.89. The predicted molar refractivity (Wildman–Crippen MR) is 135 cm³/mol. The summed E-state index contributed by atoms with van der Waals surface area (Å²) in [4.78, 5) is 40.0. The molecule has 0 spiro atoms. The van der Waals surface area contributed by atoms with Crippen molar-refractivity contribution in [3.05, 3.63) is 59.1 Å². The highest BCUT2D eigenvalue weighted by Gasteiger charge is 2.18. The van der Waals surface area contributed by atoms with Crippen LogP contribution in [0, 0.1) is 0 Å². The molecule has 1 amide bonds. The molecule has 0 unspecified atom stereocenters. The van der Waals surface area contributed by atoms with Gasteiger partial charge < -0.3 is 25.0 Å². The Morgan fingerprint density at radius 1 is 1.09 bits per heavy atom. The van der Waals surface area contributed by atoms with Gasteiger partial charge in [0.05, 0.1) is 36.7 Å². The number of aromatic nitrogens is 3. The number of methoxy groups -OCH3 is 1. The number of morpholine rings is 1. The van der Waals surface area contributed by atoms with Gasteiger partial charge in [-0.05, 0) is 30.3 Å². The van der Waals surface area contributed by atoms with Gasteiger partial charge in [0.1, 0.15) is 0 Å². The molecular formula is C23H23ClN6O4S. The number of ether oxygens (including phenoxy) is 2. The first kappa shape index (κ1) is 24.7. The summed E-state index contributed by atoms with van der Waals surface area (Å²) in [6.45, 7) is 2.51. The number of thioether (sulfide) groups is 1. The van der Waals surface area contributed by atoms with Gasteiger partial charge in [0, 0.05) is 24.5 Å². The average molecular weight is 515 g/mol. The molecule has 0 atom stereocenters. The molecule has 3 aromatic rings. The lowest BCUT2D eigenvalue weighted by molar-refractivity contribution is -0.113. The van der Waals surface area contributed by atoms with Crippen LogP contribution in [0.25, 0.3) is 0 Å². The normalized spacial score (nSPS) is 13.3. The van der Waals surface area contributed by atoms with E-state index in [1.54, 1.807) is 6.07 Å². The largest absolute Gasteiger partial charge is 0.465 e. The second-order valence-corrected chi connectivity index (χ2v) is 8.70. The van der Waals surface area contributed by atoms with Crippen LogP contribution in [0.4, 0.5) is 23.3 Å². The summed E-state index contributed by atoms with van der Waals surface area (Å²) in [5.74, 6) is 0.0768. The van der Waals surface area contributed by atoms with Crippen LogP contribution < -0.4 is 15.5 Å². The monoisotopic (exact) mass is 514 g/mol. The Hall–Kier alpha value is -3.41. The van der Waals surface area contributed by atoms with Crippen molar-refractivity contribution in [1.82, 2.24) is 15.0 Å². The maximum atomic E-state index is 12.6. The standard InChI is InChI=1S/C23H23ClN6O4S/c1-33-20(32)17-13-16(7-8-18(17)24)25-19(31)14-35-23-28-21(26-15-5-3-2-4-6-15)27-22(29-23)30-9-11-34-12-10-30/h2-8,13H,9-12,14H2,1H3,(H,25,31)(H,26,27,28,29). The Labute approximate surface area is 211 Å². The first-order chi connectivity index (χ1) is 17.0. The molecule has 2 heterocycles. The van der Waals surface area contributed by atoms with Crippen LogP contribution in [0.3, 0.4) is 0 Å². The first-order valence-corrected chi connectivity index (χ1v) is 12.1. The van der Waals surface area contributed by atoms with Crippen molar-refractivity contribution in [3.8, 4) is 0 Å².